The summed E-state index contributed by atoms with van der Waals surface area (Å²) in [6.07, 6.45) is 1.55. The van der Waals surface area contributed by atoms with E-state index in [1.165, 1.54) is 4.31 Å². The van der Waals surface area contributed by atoms with Crippen LogP contribution in [0.4, 0.5) is 0 Å². The number of aliphatic hydroxyl groups is 1. The van der Waals surface area contributed by atoms with Gasteiger partial charge in [-0.3, -0.25) is 0 Å². The molecule has 0 heterocycles. The summed E-state index contributed by atoms with van der Waals surface area (Å²) in [6.45, 7) is 4.43. The van der Waals surface area contributed by atoms with Gasteiger partial charge in [-0.1, -0.05) is 13.8 Å². The molecule has 2 N–H and O–H groups in total. The zero-order valence-electron chi connectivity index (χ0n) is 10.4. The molecule has 0 rings (SSSR count). The minimum Gasteiger partial charge on any atom is -0.395 e. The van der Waals surface area contributed by atoms with E-state index in [1.807, 2.05) is 13.8 Å². The Labute approximate surface area is 98.9 Å². The highest BCUT2D eigenvalue weighted by atomic mass is 32.2. The molecule has 0 fully saturated rings. The topological polar surface area (TPSA) is 69.6 Å². The molecule has 0 aliphatic rings. The summed E-state index contributed by atoms with van der Waals surface area (Å²) < 4.78 is 25.5. The van der Waals surface area contributed by atoms with Crippen molar-refractivity contribution in [1.82, 2.24) is 9.62 Å². The number of sulfonamides is 1. The first-order valence-corrected chi connectivity index (χ1v) is 7.39. The Morgan fingerprint density at radius 2 is 1.88 bits per heavy atom. The van der Waals surface area contributed by atoms with Crippen LogP contribution in [-0.4, -0.2) is 56.4 Å². The van der Waals surface area contributed by atoms with Gasteiger partial charge in [-0.25, -0.2) is 8.42 Å². The molecule has 0 aliphatic heterocycles. The highest BCUT2D eigenvalue weighted by molar-refractivity contribution is 7.89. The van der Waals surface area contributed by atoms with Crippen molar-refractivity contribution in [3.05, 3.63) is 0 Å². The van der Waals surface area contributed by atoms with Gasteiger partial charge in [0.1, 0.15) is 0 Å². The molecule has 16 heavy (non-hydrogen) atoms. The van der Waals surface area contributed by atoms with Crippen molar-refractivity contribution in [3.63, 3.8) is 0 Å². The fraction of sp³-hybridized carbons (Fsp3) is 1.00. The van der Waals surface area contributed by atoms with Gasteiger partial charge in [-0.2, -0.15) is 4.31 Å². The summed E-state index contributed by atoms with van der Waals surface area (Å²) in [6, 6.07) is -0.00555. The fourth-order valence-corrected chi connectivity index (χ4v) is 3.50. The van der Waals surface area contributed by atoms with Gasteiger partial charge < -0.3 is 10.4 Å². The van der Waals surface area contributed by atoms with Crippen LogP contribution in [0.15, 0.2) is 0 Å². The van der Waals surface area contributed by atoms with Gasteiger partial charge >= 0.3 is 0 Å². The molecule has 0 saturated carbocycles. The van der Waals surface area contributed by atoms with E-state index >= 15 is 0 Å². The van der Waals surface area contributed by atoms with E-state index in [1.54, 1.807) is 7.05 Å². The van der Waals surface area contributed by atoms with Crippen molar-refractivity contribution < 1.29 is 13.5 Å². The van der Waals surface area contributed by atoms with Gasteiger partial charge in [0, 0.05) is 19.1 Å². The molecule has 0 saturated heterocycles. The third-order valence-electron chi connectivity index (χ3n) is 2.64. The first kappa shape index (κ1) is 15.8. The number of nitrogens with one attached hydrogen (secondary N) is 1. The summed E-state index contributed by atoms with van der Waals surface area (Å²) in [5, 5.41) is 11.8. The molecule has 0 aromatic heterocycles. The Morgan fingerprint density at radius 3 is 2.25 bits per heavy atom. The number of nitrogens with zero attached hydrogens (tertiary/aromatic N) is 1. The second kappa shape index (κ2) is 8.00. The lowest BCUT2D eigenvalue weighted by Gasteiger charge is -2.28. The van der Waals surface area contributed by atoms with Crippen LogP contribution >= 0.6 is 0 Å². The number of rotatable bonds is 9. The molecule has 98 valence electrons. The van der Waals surface area contributed by atoms with Crippen LogP contribution in [0.3, 0.4) is 0 Å². The van der Waals surface area contributed by atoms with Crippen molar-refractivity contribution in [3.8, 4) is 0 Å². The Kier molecular flexibility index (Phi) is 7.91. The standard InChI is InChI=1S/C10H24N2O3S/c1-4-10(5-2)12(7-8-13)16(14,15)9-6-11-3/h10-11,13H,4-9H2,1-3H3. The highest BCUT2D eigenvalue weighted by Crippen LogP contribution is 2.13. The quantitative estimate of drug-likeness (QED) is 0.607. The lowest BCUT2D eigenvalue weighted by atomic mass is 10.2. The van der Waals surface area contributed by atoms with Crippen molar-refractivity contribution in [2.75, 3.05) is 32.5 Å². The van der Waals surface area contributed by atoms with E-state index < -0.39 is 10.0 Å². The molecule has 0 radical (unpaired) electrons. The van der Waals surface area contributed by atoms with Gasteiger partial charge in [0.05, 0.1) is 12.4 Å². The van der Waals surface area contributed by atoms with E-state index in [0.717, 1.165) is 12.8 Å². The largest absolute Gasteiger partial charge is 0.395 e. The predicted molar refractivity (Wildman–Crippen MR) is 65.9 cm³/mol. The smallest absolute Gasteiger partial charge is 0.215 e. The molecule has 0 amide bonds. The molecule has 0 bridgehead atoms. The molecule has 0 unspecified atom stereocenters. The molecule has 6 heteroatoms. The van der Waals surface area contributed by atoms with Crippen molar-refractivity contribution >= 4 is 10.0 Å². The summed E-state index contributed by atoms with van der Waals surface area (Å²) in [4.78, 5) is 0. The Morgan fingerprint density at radius 1 is 1.31 bits per heavy atom. The molecular weight excluding hydrogens is 228 g/mol. The van der Waals surface area contributed by atoms with Crippen LogP contribution in [0.2, 0.25) is 0 Å². The average molecular weight is 252 g/mol. The van der Waals surface area contributed by atoms with Crippen LogP contribution < -0.4 is 5.32 Å². The van der Waals surface area contributed by atoms with E-state index in [0.29, 0.717) is 6.54 Å². The summed E-state index contributed by atoms with van der Waals surface area (Å²) in [5.74, 6) is 0.0833. The lowest BCUT2D eigenvalue weighted by molar-refractivity contribution is 0.219. The van der Waals surface area contributed by atoms with E-state index in [4.69, 9.17) is 5.11 Å². The molecular formula is C10H24N2O3S. The van der Waals surface area contributed by atoms with Gasteiger partial charge in [0.25, 0.3) is 0 Å². The third kappa shape index (κ3) is 4.78. The monoisotopic (exact) mass is 252 g/mol. The summed E-state index contributed by atoms with van der Waals surface area (Å²) >= 11 is 0. The molecule has 0 aromatic rings. The predicted octanol–water partition coefficient (Wildman–Crippen LogP) is 0.0185. The Bertz CT molecular complexity index is 263. The maximum absolute atomic E-state index is 12.0. The summed E-state index contributed by atoms with van der Waals surface area (Å²) in [7, 11) is -1.53. The van der Waals surface area contributed by atoms with E-state index in [2.05, 4.69) is 5.32 Å². The molecule has 0 atom stereocenters. The number of hydrogen-bond donors (Lipinski definition) is 2. The molecule has 0 aromatic carbocycles. The van der Waals surface area contributed by atoms with Gasteiger partial charge in [-0.15, -0.1) is 0 Å². The minimum atomic E-state index is -3.26. The third-order valence-corrected chi connectivity index (χ3v) is 4.55. The fourth-order valence-electron chi connectivity index (χ4n) is 1.69. The van der Waals surface area contributed by atoms with Crippen LogP contribution in [0.25, 0.3) is 0 Å². The van der Waals surface area contributed by atoms with Crippen molar-refractivity contribution in [1.29, 1.82) is 0 Å². The van der Waals surface area contributed by atoms with Crippen molar-refractivity contribution in [2.45, 2.75) is 32.7 Å². The first-order chi connectivity index (χ1) is 7.53. The maximum Gasteiger partial charge on any atom is 0.215 e. The maximum atomic E-state index is 12.0. The zero-order chi connectivity index (χ0) is 12.6. The second-order valence-electron chi connectivity index (χ2n) is 3.72. The summed E-state index contributed by atoms with van der Waals surface area (Å²) in [5.41, 5.74) is 0. The molecule has 0 aliphatic carbocycles. The minimum absolute atomic E-state index is 0.00555. The second-order valence-corrected chi connectivity index (χ2v) is 5.77. The van der Waals surface area contributed by atoms with Crippen LogP contribution in [0.5, 0.6) is 0 Å². The van der Waals surface area contributed by atoms with E-state index in [9.17, 15) is 8.42 Å². The normalized spacial score (nSPS) is 12.6. The van der Waals surface area contributed by atoms with Crippen molar-refractivity contribution in [2.24, 2.45) is 0 Å². The highest BCUT2D eigenvalue weighted by Gasteiger charge is 2.26. The average Bonchev–Trinajstić information content (AvgIpc) is 2.27. The SMILES string of the molecule is CCC(CC)N(CCO)S(=O)(=O)CCNC. The Balaban J connectivity index is 4.73. The van der Waals surface area contributed by atoms with Crippen LogP contribution in [0.1, 0.15) is 26.7 Å². The van der Waals surface area contributed by atoms with Gasteiger partial charge in [-0.05, 0) is 19.9 Å². The van der Waals surface area contributed by atoms with Gasteiger partial charge in [0.15, 0.2) is 0 Å². The van der Waals surface area contributed by atoms with Crippen LogP contribution in [0, 0.1) is 0 Å². The first-order valence-electron chi connectivity index (χ1n) is 5.78. The zero-order valence-corrected chi connectivity index (χ0v) is 11.3. The van der Waals surface area contributed by atoms with Crippen LogP contribution in [-0.2, 0) is 10.0 Å². The number of aliphatic hydroxyl groups excluding tert-OH is 1. The number of hydrogen-bond acceptors (Lipinski definition) is 4. The van der Waals surface area contributed by atoms with E-state index in [-0.39, 0.29) is 24.9 Å². The van der Waals surface area contributed by atoms with Gasteiger partial charge in [0.2, 0.25) is 10.0 Å². The lowest BCUT2D eigenvalue weighted by Crippen LogP contribution is -2.44. The molecule has 5 nitrogen and oxygen atoms in total. The molecule has 0 spiro atoms. The Hall–Kier alpha value is -0.170.